The first kappa shape index (κ1) is 15.9. The van der Waals surface area contributed by atoms with Crippen molar-refractivity contribution in [3.8, 4) is 0 Å². The van der Waals surface area contributed by atoms with Gasteiger partial charge in [-0.2, -0.15) is 0 Å². The van der Waals surface area contributed by atoms with E-state index < -0.39 is 30.4 Å². The summed E-state index contributed by atoms with van der Waals surface area (Å²) in [5, 5.41) is 23.9. The van der Waals surface area contributed by atoms with Crippen LogP contribution >= 0.6 is 11.3 Å². The van der Waals surface area contributed by atoms with Gasteiger partial charge >= 0.3 is 18.0 Å². The Morgan fingerprint density at radius 3 is 2.45 bits per heavy atom. The number of carboxylic acids is 2. The number of nitrogens with one attached hydrogen (secondary N) is 2. The number of aliphatic carboxylic acids is 2. The number of carboxylic acid groups (broad SMARTS) is 2. The van der Waals surface area contributed by atoms with Crippen molar-refractivity contribution in [3.05, 3.63) is 11.1 Å². The van der Waals surface area contributed by atoms with Crippen molar-refractivity contribution in [1.29, 1.82) is 0 Å². The van der Waals surface area contributed by atoms with E-state index in [-0.39, 0.29) is 5.92 Å². The molecule has 0 spiro atoms. The van der Waals surface area contributed by atoms with E-state index in [1.54, 1.807) is 5.38 Å². The highest BCUT2D eigenvalue weighted by Crippen LogP contribution is 2.21. The highest BCUT2D eigenvalue weighted by atomic mass is 32.1. The molecule has 0 radical (unpaired) electrons. The summed E-state index contributed by atoms with van der Waals surface area (Å²) in [6.07, 6.45) is -0.697. The first-order valence-corrected chi connectivity index (χ1v) is 6.65. The third-order valence-electron chi connectivity index (χ3n) is 2.32. The number of rotatable bonds is 6. The van der Waals surface area contributed by atoms with Crippen molar-refractivity contribution in [1.82, 2.24) is 10.3 Å². The summed E-state index contributed by atoms with van der Waals surface area (Å²) in [4.78, 5) is 37.0. The summed E-state index contributed by atoms with van der Waals surface area (Å²) in [5.41, 5.74) is 0.811. The van der Waals surface area contributed by atoms with Crippen LogP contribution in [-0.4, -0.2) is 39.2 Å². The average molecular weight is 301 g/mol. The van der Waals surface area contributed by atoms with Gasteiger partial charge in [0, 0.05) is 5.38 Å². The van der Waals surface area contributed by atoms with Crippen molar-refractivity contribution >= 4 is 34.4 Å². The Balaban J connectivity index is 2.60. The fraction of sp³-hybridized carbons (Fsp3) is 0.455. The molecule has 0 aromatic carbocycles. The van der Waals surface area contributed by atoms with Crippen LogP contribution in [0.4, 0.5) is 9.93 Å². The summed E-state index contributed by atoms with van der Waals surface area (Å²) in [7, 11) is 0. The number of hydrogen-bond acceptors (Lipinski definition) is 5. The Kier molecular flexibility index (Phi) is 5.44. The largest absolute Gasteiger partial charge is 0.481 e. The zero-order valence-corrected chi connectivity index (χ0v) is 11.7. The number of carbonyl (C=O) groups excluding carboxylic acids is 1. The minimum Gasteiger partial charge on any atom is -0.481 e. The molecule has 1 aromatic heterocycles. The van der Waals surface area contributed by atoms with Gasteiger partial charge in [-0.05, 0) is 5.92 Å². The minimum absolute atomic E-state index is 0.212. The lowest BCUT2D eigenvalue weighted by Gasteiger charge is -2.12. The molecule has 1 atom stereocenters. The lowest BCUT2D eigenvalue weighted by Crippen LogP contribution is -2.44. The fourth-order valence-corrected chi connectivity index (χ4v) is 2.14. The molecule has 0 saturated carbocycles. The molecule has 0 saturated heterocycles. The first-order chi connectivity index (χ1) is 9.29. The predicted octanol–water partition coefficient (Wildman–Crippen LogP) is 1.32. The second-order valence-corrected chi connectivity index (χ2v) is 5.18. The van der Waals surface area contributed by atoms with Crippen LogP contribution < -0.4 is 10.6 Å². The molecule has 20 heavy (non-hydrogen) atoms. The smallest absolute Gasteiger partial charge is 0.326 e. The van der Waals surface area contributed by atoms with Crippen molar-refractivity contribution in [2.24, 2.45) is 0 Å². The predicted molar refractivity (Wildman–Crippen MR) is 72.0 cm³/mol. The van der Waals surface area contributed by atoms with E-state index in [0.29, 0.717) is 5.13 Å². The summed E-state index contributed by atoms with van der Waals surface area (Å²) in [5.74, 6) is -2.51. The molecule has 8 nitrogen and oxygen atoms in total. The van der Waals surface area contributed by atoms with Gasteiger partial charge in [0.15, 0.2) is 5.13 Å². The maximum Gasteiger partial charge on any atom is 0.326 e. The van der Waals surface area contributed by atoms with E-state index in [1.165, 1.54) is 11.3 Å². The average Bonchev–Trinajstić information content (AvgIpc) is 2.75. The first-order valence-electron chi connectivity index (χ1n) is 5.77. The molecule has 9 heteroatoms. The second-order valence-electron chi connectivity index (χ2n) is 4.32. The summed E-state index contributed by atoms with van der Waals surface area (Å²) < 4.78 is 0. The Hall–Kier alpha value is -2.16. The van der Waals surface area contributed by atoms with Gasteiger partial charge in [-0.15, -0.1) is 11.3 Å². The van der Waals surface area contributed by atoms with Crippen molar-refractivity contribution in [3.63, 3.8) is 0 Å². The Labute approximate surface area is 118 Å². The molecule has 110 valence electrons. The lowest BCUT2D eigenvalue weighted by molar-refractivity contribution is -0.145. The number of urea groups is 1. The zero-order valence-electron chi connectivity index (χ0n) is 10.9. The molecule has 0 aliphatic rings. The van der Waals surface area contributed by atoms with Crippen molar-refractivity contribution in [2.75, 3.05) is 5.32 Å². The maximum absolute atomic E-state index is 11.6. The maximum atomic E-state index is 11.6. The standard InChI is InChI=1S/C11H15N3O5S/c1-5(2)7-4-20-11(13-7)14-10(19)12-6(9(17)18)3-8(15)16/h4-6H,3H2,1-2H3,(H,15,16)(H,17,18)(H2,12,13,14,19)/t6-/m0/s1. The number of thiazole rings is 1. The number of anilines is 1. The summed E-state index contributed by atoms with van der Waals surface area (Å²) in [6.45, 7) is 3.90. The SMILES string of the molecule is CC(C)c1csc(NC(=O)N[C@@H](CC(=O)O)C(=O)O)n1. The van der Waals surface area contributed by atoms with E-state index in [4.69, 9.17) is 10.2 Å². The van der Waals surface area contributed by atoms with Crippen LogP contribution in [-0.2, 0) is 9.59 Å². The van der Waals surface area contributed by atoms with Gasteiger partial charge < -0.3 is 15.5 Å². The molecule has 1 rings (SSSR count). The Morgan fingerprint density at radius 2 is 2.00 bits per heavy atom. The van der Waals surface area contributed by atoms with Gasteiger partial charge in [-0.3, -0.25) is 10.1 Å². The van der Waals surface area contributed by atoms with Crippen LogP contribution in [0.3, 0.4) is 0 Å². The topological polar surface area (TPSA) is 129 Å². The van der Waals surface area contributed by atoms with Gasteiger partial charge in [0.1, 0.15) is 6.04 Å². The molecule has 0 unspecified atom stereocenters. The zero-order chi connectivity index (χ0) is 15.3. The normalized spacial score (nSPS) is 11.9. The number of aromatic nitrogens is 1. The number of amides is 2. The van der Waals surface area contributed by atoms with Crippen LogP contribution in [0.2, 0.25) is 0 Å². The van der Waals surface area contributed by atoms with E-state index >= 15 is 0 Å². The van der Waals surface area contributed by atoms with Gasteiger partial charge in [-0.25, -0.2) is 14.6 Å². The lowest BCUT2D eigenvalue weighted by atomic mass is 10.2. The Morgan fingerprint density at radius 1 is 1.35 bits per heavy atom. The highest BCUT2D eigenvalue weighted by molar-refractivity contribution is 7.13. The van der Waals surface area contributed by atoms with E-state index in [0.717, 1.165) is 5.69 Å². The van der Waals surface area contributed by atoms with Crippen molar-refractivity contribution < 1.29 is 24.6 Å². The van der Waals surface area contributed by atoms with Crippen LogP contribution in [0.1, 0.15) is 31.9 Å². The van der Waals surface area contributed by atoms with E-state index in [1.807, 2.05) is 13.8 Å². The fourth-order valence-electron chi connectivity index (χ4n) is 1.27. The molecule has 1 aromatic rings. The molecule has 0 aliphatic carbocycles. The third-order valence-corrected chi connectivity index (χ3v) is 3.09. The molecular weight excluding hydrogens is 286 g/mol. The van der Waals surface area contributed by atoms with Gasteiger partial charge in [-0.1, -0.05) is 13.8 Å². The monoisotopic (exact) mass is 301 g/mol. The van der Waals surface area contributed by atoms with Crippen LogP contribution in [0.5, 0.6) is 0 Å². The molecule has 2 amide bonds. The molecule has 4 N–H and O–H groups in total. The van der Waals surface area contributed by atoms with Crippen LogP contribution in [0, 0.1) is 0 Å². The third kappa shape index (κ3) is 4.84. The van der Waals surface area contributed by atoms with Gasteiger partial charge in [0.05, 0.1) is 12.1 Å². The molecule has 0 bridgehead atoms. The number of hydrogen-bond donors (Lipinski definition) is 4. The van der Waals surface area contributed by atoms with Crippen LogP contribution in [0.25, 0.3) is 0 Å². The quantitative estimate of drug-likeness (QED) is 0.627. The van der Waals surface area contributed by atoms with Gasteiger partial charge in [0.2, 0.25) is 0 Å². The second kappa shape index (κ2) is 6.85. The summed E-state index contributed by atoms with van der Waals surface area (Å²) in [6, 6.07) is -2.29. The van der Waals surface area contributed by atoms with Crippen molar-refractivity contribution in [2.45, 2.75) is 32.2 Å². The van der Waals surface area contributed by atoms with Gasteiger partial charge in [0.25, 0.3) is 0 Å². The summed E-state index contributed by atoms with van der Waals surface area (Å²) >= 11 is 1.21. The highest BCUT2D eigenvalue weighted by Gasteiger charge is 2.23. The molecular formula is C11H15N3O5S. The molecule has 0 aliphatic heterocycles. The molecule has 0 fully saturated rings. The van der Waals surface area contributed by atoms with E-state index in [9.17, 15) is 14.4 Å². The number of nitrogens with zero attached hydrogens (tertiary/aromatic N) is 1. The van der Waals surface area contributed by atoms with E-state index in [2.05, 4.69) is 15.6 Å². The Bertz CT molecular complexity index is 514. The minimum atomic E-state index is -1.49. The molecule has 1 heterocycles. The van der Waals surface area contributed by atoms with Crippen LogP contribution in [0.15, 0.2) is 5.38 Å². The number of carbonyl (C=O) groups is 3.